The zero-order valence-corrected chi connectivity index (χ0v) is 28.1. The van der Waals surface area contributed by atoms with Crippen molar-refractivity contribution < 1.29 is 33.4 Å². The van der Waals surface area contributed by atoms with Crippen LogP contribution >= 0.6 is 34.9 Å². The molecule has 3 N–H and O–H groups in total. The number of thiazole rings is 1. The van der Waals surface area contributed by atoms with E-state index in [9.17, 15) is 19.2 Å². The number of esters is 1. The molecule has 2 amide bonds. The first kappa shape index (κ1) is 34.5. The van der Waals surface area contributed by atoms with Gasteiger partial charge in [-0.25, -0.2) is 19.3 Å². The number of fused-ring (bicyclic) bond motifs is 1. The van der Waals surface area contributed by atoms with E-state index in [4.69, 9.17) is 19.9 Å². The molecule has 4 rings (SSSR count). The molecule has 1 saturated heterocycles. The molecule has 45 heavy (non-hydrogen) atoms. The third-order valence-electron chi connectivity index (χ3n) is 6.63. The molecule has 2 aliphatic rings. The average Bonchev–Trinajstić information content (AvgIpc) is 3.60. The Kier molecular flexibility index (Phi) is 12.0. The first-order valence-electron chi connectivity index (χ1n) is 14.2. The number of nitrogens with zero attached hydrogens (tertiary/aromatic N) is 7. The van der Waals surface area contributed by atoms with Gasteiger partial charge in [0, 0.05) is 30.4 Å². The smallest absolute Gasteiger partial charge is 0.431 e. The predicted octanol–water partition coefficient (Wildman–Crippen LogP) is 1.49. The molecule has 2 aromatic heterocycles. The average molecular weight is 684 g/mol. The van der Waals surface area contributed by atoms with Gasteiger partial charge < -0.3 is 30.2 Å². The van der Waals surface area contributed by atoms with Gasteiger partial charge in [0.1, 0.15) is 23.2 Å². The summed E-state index contributed by atoms with van der Waals surface area (Å²) in [7, 11) is 3.89. The predicted molar refractivity (Wildman–Crippen MR) is 167 cm³/mol. The van der Waals surface area contributed by atoms with Gasteiger partial charge in [0.25, 0.3) is 5.91 Å². The fraction of sp³-hybridized carbons (Fsp3) is 0.615. The monoisotopic (exact) mass is 683 g/mol. The van der Waals surface area contributed by atoms with Crippen LogP contribution in [0.1, 0.15) is 39.3 Å². The van der Waals surface area contributed by atoms with E-state index < -0.39 is 41.6 Å². The van der Waals surface area contributed by atoms with Crippen LogP contribution in [-0.2, 0) is 41.6 Å². The number of aromatic nitrogens is 5. The number of nitrogens with one attached hydrogen (secondary N) is 1. The third kappa shape index (κ3) is 9.08. The maximum atomic E-state index is 13.6. The molecule has 4 heterocycles. The van der Waals surface area contributed by atoms with Crippen LogP contribution in [-0.4, -0.2) is 115 Å². The first-order valence-corrected chi connectivity index (χ1v) is 17.2. The number of likely N-dealkylation sites (N-methyl/N-ethyl adjacent to an activating group) is 1. The van der Waals surface area contributed by atoms with Gasteiger partial charge in [-0.2, -0.15) is 0 Å². The van der Waals surface area contributed by atoms with Gasteiger partial charge in [-0.15, -0.1) is 28.2 Å². The standard InChI is InChI=1S/C26H37N9O7S3/c1-6-7-14(2)40-26(39)42-15(3)41-23(38)20-16(12-45-25-30-31-32-34(25)9-8-33(4)5)11-43-22-19(21(37)35(20)22)29-18(36)10-17-13-44-24(27)28-17/h13-15,19,22H,6-12H2,1-5H3,(H2,27,28)(H,29,36)/t14?,15?,19-,22-/m1/s1. The summed E-state index contributed by atoms with van der Waals surface area (Å²) in [5.74, 6) is -1.06. The van der Waals surface area contributed by atoms with Crippen molar-refractivity contribution in [3.05, 3.63) is 22.3 Å². The van der Waals surface area contributed by atoms with E-state index in [-0.39, 0.29) is 24.0 Å². The van der Waals surface area contributed by atoms with Crippen LogP contribution < -0.4 is 11.1 Å². The van der Waals surface area contributed by atoms with Crippen molar-refractivity contribution in [1.82, 2.24) is 40.3 Å². The van der Waals surface area contributed by atoms with Crippen LogP contribution in [0.15, 0.2) is 21.8 Å². The number of thioether (sulfide) groups is 2. The highest BCUT2D eigenvalue weighted by atomic mass is 32.2. The molecule has 0 aliphatic carbocycles. The molecule has 1 fully saturated rings. The molecule has 0 spiro atoms. The van der Waals surface area contributed by atoms with Gasteiger partial charge in [-0.3, -0.25) is 14.5 Å². The van der Waals surface area contributed by atoms with Crippen molar-refractivity contribution in [3.63, 3.8) is 0 Å². The number of hydrogen-bond acceptors (Lipinski definition) is 16. The fourth-order valence-electron chi connectivity index (χ4n) is 4.49. The van der Waals surface area contributed by atoms with Crippen LogP contribution in [0.3, 0.4) is 0 Å². The van der Waals surface area contributed by atoms with Crippen molar-refractivity contribution in [2.24, 2.45) is 0 Å². The number of nitrogens with two attached hydrogens (primary N) is 1. The van der Waals surface area contributed by atoms with Crippen molar-refractivity contribution in [3.8, 4) is 0 Å². The summed E-state index contributed by atoms with van der Waals surface area (Å²) < 4.78 is 17.5. The summed E-state index contributed by atoms with van der Waals surface area (Å²) in [6.07, 6.45) is -1.18. The molecule has 246 valence electrons. The lowest BCUT2D eigenvalue weighted by Gasteiger charge is -2.49. The van der Waals surface area contributed by atoms with E-state index >= 15 is 0 Å². The minimum atomic E-state index is -1.29. The van der Waals surface area contributed by atoms with Crippen molar-refractivity contribution in [2.75, 3.05) is 37.9 Å². The van der Waals surface area contributed by atoms with E-state index in [2.05, 4.69) is 25.8 Å². The number of hydrogen-bond donors (Lipinski definition) is 2. The van der Waals surface area contributed by atoms with E-state index in [0.29, 0.717) is 40.3 Å². The van der Waals surface area contributed by atoms with Gasteiger partial charge in [-0.05, 0) is 43.4 Å². The highest BCUT2D eigenvalue weighted by Crippen LogP contribution is 2.42. The zero-order valence-electron chi connectivity index (χ0n) is 25.6. The molecule has 0 radical (unpaired) electrons. The highest BCUT2D eigenvalue weighted by molar-refractivity contribution is 8.01. The summed E-state index contributed by atoms with van der Waals surface area (Å²) in [5, 5.41) is 16.7. The number of rotatable bonds is 15. The second-order valence-electron chi connectivity index (χ2n) is 10.6. The van der Waals surface area contributed by atoms with Crippen LogP contribution in [0.5, 0.6) is 0 Å². The van der Waals surface area contributed by atoms with Crippen molar-refractivity contribution in [2.45, 2.75) is 75.5 Å². The summed E-state index contributed by atoms with van der Waals surface area (Å²) in [6, 6.07) is -0.850. The number of carbonyl (C=O) groups is 4. The summed E-state index contributed by atoms with van der Waals surface area (Å²) >= 11 is 3.95. The Morgan fingerprint density at radius 3 is 2.71 bits per heavy atom. The Labute approximate surface area is 272 Å². The van der Waals surface area contributed by atoms with Crippen LogP contribution in [0.4, 0.5) is 9.93 Å². The number of carbonyl (C=O) groups excluding carboxylic acids is 4. The molecule has 0 aromatic carbocycles. The van der Waals surface area contributed by atoms with E-state index in [1.165, 1.54) is 46.7 Å². The highest BCUT2D eigenvalue weighted by Gasteiger charge is 2.54. The minimum Gasteiger partial charge on any atom is -0.431 e. The first-order chi connectivity index (χ1) is 21.5. The number of nitrogen functional groups attached to an aromatic ring is 1. The van der Waals surface area contributed by atoms with Crippen molar-refractivity contribution >= 4 is 63.9 Å². The Bertz CT molecular complexity index is 1420. The van der Waals surface area contributed by atoms with Gasteiger partial charge in [0.2, 0.25) is 17.4 Å². The molecule has 0 bridgehead atoms. The Hall–Kier alpha value is -3.42. The maximum absolute atomic E-state index is 13.6. The summed E-state index contributed by atoms with van der Waals surface area (Å²) in [5.41, 5.74) is 6.80. The second kappa shape index (κ2) is 15.7. The van der Waals surface area contributed by atoms with Crippen LogP contribution in [0, 0.1) is 0 Å². The summed E-state index contributed by atoms with van der Waals surface area (Å²) in [4.78, 5) is 59.3. The van der Waals surface area contributed by atoms with E-state index in [0.717, 1.165) is 13.0 Å². The van der Waals surface area contributed by atoms with Crippen LogP contribution in [0.25, 0.3) is 0 Å². The van der Waals surface area contributed by atoms with Crippen LogP contribution in [0.2, 0.25) is 0 Å². The molecular formula is C26H37N9O7S3. The molecule has 2 aromatic rings. The Morgan fingerprint density at radius 2 is 2.02 bits per heavy atom. The molecule has 16 nitrogen and oxygen atoms in total. The lowest BCUT2D eigenvalue weighted by Crippen LogP contribution is -2.70. The van der Waals surface area contributed by atoms with Gasteiger partial charge >= 0.3 is 12.1 Å². The van der Waals surface area contributed by atoms with Gasteiger partial charge in [0.15, 0.2) is 5.13 Å². The lowest BCUT2D eigenvalue weighted by atomic mass is 10.0. The SMILES string of the molecule is CCCC(C)OC(=O)OC(C)OC(=O)C1=C(CSc2nnnn2CCN(C)C)CS[C@@H]2[C@H](NC(=O)Cc3csc(N)n3)C(=O)N12. The van der Waals surface area contributed by atoms with Gasteiger partial charge in [0.05, 0.1) is 18.7 Å². The quantitative estimate of drug-likeness (QED) is 0.118. The minimum absolute atomic E-state index is 0.0320. The zero-order chi connectivity index (χ0) is 32.7. The van der Waals surface area contributed by atoms with E-state index in [1.807, 2.05) is 25.9 Å². The Morgan fingerprint density at radius 1 is 1.24 bits per heavy atom. The fourth-order valence-corrected chi connectivity index (χ4v) is 7.44. The number of tetrazole rings is 1. The number of ether oxygens (including phenoxy) is 3. The number of anilines is 1. The molecular weight excluding hydrogens is 647 g/mol. The molecule has 4 atom stereocenters. The van der Waals surface area contributed by atoms with E-state index in [1.54, 1.807) is 17.0 Å². The summed E-state index contributed by atoms with van der Waals surface area (Å²) in [6.45, 7) is 6.37. The Balaban J connectivity index is 1.48. The molecule has 2 unspecified atom stereocenters. The number of β-lactam (4-membered cyclic amide) rings is 1. The van der Waals surface area contributed by atoms with Crippen molar-refractivity contribution in [1.29, 1.82) is 0 Å². The molecule has 19 heteroatoms. The molecule has 2 aliphatic heterocycles. The third-order valence-corrected chi connectivity index (χ3v) is 9.74. The normalized spacial score (nSPS) is 19.1. The largest absolute Gasteiger partial charge is 0.511 e. The van der Waals surface area contributed by atoms with Gasteiger partial charge in [-0.1, -0.05) is 25.1 Å². The maximum Gasteiger partial charge on any atom is 0.511 e. The topological polar surface area (TPSA) is 197 Å². The number of amides is 2. The second-order valence-corrected chi connectivity index (χ2v) is 13.5. The molecule has 0 saturated carbocycles. The lowest BCUT2D eigenvalue weighted by molar-refractivity contribution is -0.169.